The maximum absolute atomic E-state index is 11.2. The summed E-state index contributed by atoms with van der Waals surface area (Å²) in [7, 11) is 0. The van der Waals surface area contributed by atoms with Gasteiger partial charge in [0.2, 0.25) is 0 Å². The number of amides is 2. The van der Waals surface area contributed by atoms with Crippen LogP contribution >= 0.6 is 0 Å². The number of hydrogen-bond acceptors (Lipinski definition) is 2. The van der Waals surface area contributed by atoms with Gasteiger partial charge >= 0.3 is 6.03 Å². The highest BCUT2D eigenvalue weighted by atomic mass is 16.2. The summed E-state index contributed by atoms with van der Waals surface area (Å²) in [6.45, 7) is 3.92. The van der Waals surface area contributed by atoms with Gasteiger partial charge in [-0.05, 0) is 31.9 Å². The van der Waals surface area contributed by atoms with Gasteiger partial charge in [0.05, 0.1) is 0 Å². The zero-order chi connectivity index (χ0) is 12.7. The van der Waals surface area contributed by atoms with Gasteiger partial charge in [-0.2, -0.15) is 0 Å². The second-order valence-electron chi connectivity index (χ2n) is 4.20. The number of benzene rings is 1. The predicted molar refractivity (Wildman–Crippen MR) is 69.7 cm³/mol. The van der Waals surface area contributed by atoms with Crippen LogP contribution in [0, 0.1) is 6.92 Å². The van der Waals surface area contributed by atoms with Crippen LogP contribution in [0.3, 0.4) is 0 Å². The van der Waals surface area contributed by atoms with Crippen LogP contribution in [0.4, 0.5) is 4.79 Å². The molecule has 2 amide bonds. The lowest BCUT2D eigenvalue weighted by Crippen LogP contribution is -2.38. The zero-order valence-electron chi connectivity index (χ0n) is 10.4. The van der Waals surface area contributed by atoms with Gasteiger partial charge in [0, 0.05) is 13.1 Å². The van der Waals surface area contributed by atoms with Gasteiger partial charge in [-0.3, -0.25) is 0 Å². The number of nitrogens with zero attached hydrogens (tertiary/aromatic N) is 1. The summed E-state index contributed by atoms with van der Waals surface area (Å²) in [4.78, 5) is 12.8. The number of urea groups is 1. The van der Waals surface area contributed by atoms with Gasteiger partial charge in [-0.25, -0.2) is 4.79 Å². The minimum absolute atomic E-state index is 0.370. The Hall–Kier alpha value is -1.55. The monoisotopic (exact) mass is 235 g/mol. The highest BCUT2D eigenvalue weighted by Crippen LogP contribution is 2.05. The van der Waals surface area contributed by atoms with E-state index in [9.17, 15) is 4.79 Å². The number of carbonyl (C=O) groups is 1. The van der Waals surface area contributed by atoms with E-state index >= 15 is 0 Å². The minimum Gasteiger partial charge on any atom is -0.351 e. The van der Waals surface area contributed by atoms with Crippen molar-refractivity contribution >= 4 is 6.03 Å². The molecule has 1 aromatic rings. The van der Waals surface area contributed by atoms with E-state index in [4.69, 9.17) is 11.5 Å². The van der Waals surface area contributed by atoms with Crippen LogP contribution in [0.5, 0.6) is 0 Å². The molecule has 1 aromatic carbocycles. The van der Waals surface area contributed by atoms with Gasteiger partial charge in [0.1, 0.15) is 0 Å². The number of aryl methyl sites for hydroxylation is 1. The van der Waals surface area contributed by atoms with E-state index in [0.717, 1.165) is 12.8 Å². The Labute approximate surface area is 103 Å². The molecule has 4 nitrogen and oxygen atoms in total. The van der Waals surface area contributed by atoms with Crippen molar-refractivity contribution in [2.24, 2.45) is 11.5 Å². The average molecular weight is 235 g/mol. The Balaban J connectivity index is 2.45. The number of primary amides is 1. The molecule has 0 aliphatic carbocycles. The van der Waals surface area contributed by atoms with Crippen molar-refractivity contribution in [2.75, 3.05) is 19.6 Å². The van der Waals surface area contributed by atoms with E-state index < -0.39 is 0 Å². The fourth-order valence-electron chi connectivity index (χ4n) is 1.63. The van der Waals surface area contributed by atoms with Crippen molar-refractivity contribution in [1.29, 1.82) is 0 Å². The highest BCUT2D eigenvalue weighted by molar-refractivity contribution is 5.71. The van der Waals surface area contributed by atoms with Crippen LogP contribution < -0.4 is 11.5 Å². The number of nitrogens with two attached hydrogens (primary N) is 2. The normalized spacial score (nSPS) is 10.2. The van der Waals surface area contributed by atoms with Gasteiger partial charge in [0.15, 0.2) is 0 Å². The number of hydrogen-bond donors (Lipinski definition) is 2. The number of carbonyl (C=O) groups excluding carboxylic acids is 1. The molecule has 0 aromatic heterocycles. The molecule has 0 radical (unpaired) electrons. The Kier molecular flexibility index (Phi) is 5.49. The van der Waals surface area contributed by atoms with E-state index in [1.807, 2.05) is 0 Å². The Morgan fingerprint density at radius 2 is 1.88 bits per heavy atom. The molecule has 0 atom stereocenters. The van der Waals surface area contributed by atoms with Crippen LogP contribution in [0.15, 0.2) is 24.3 Å². The Bertz CT molecular complexity index is 348. The van der Waals surface area contributed by atoms with Crippen molar-refractivity contribution in [3.05, 3.63) is 35.4 Å². The molecule has 0 aliphatic rings. The van der Waals surface area contributed by atoms with Crippen LogP contribution in [-0.4, -0.2) is 30.6 Å². The summed E-state index contributed by atoms with van der Waals surface area (Å²) in [5.41, 5.74) is 13.2. The van der Waals surface area contributed by atoms with Crippen molar-refractivity contribution in [1.82, 2.24) is 4.90 Å². The topological polar surface area (TPSA) is 72.3 Å². The molecule has 4 N–H and O–H groups in total. The van der Waals surface area contributed by atoms with Crippen molar-refractivity contribution in [3.8, 4) is 0 Å². The molecule has 1 rings (SSSR count). The van der Waals surface area contributed by atoms with Crippen LogP contribution in [0.1, 0.15) is 17.5 Å². The molecule has 0 fully saturated rings. The average Bonchev–Trinajstić information content (AvgIpc) is 2.31. The first-order valence-corrected chi connectivity index (χ1v) is 5.93. The SMILES string of the molecule is Cc1ccc(CCN(CCCN)C(N)=O)cc1. The van der Waals surface area contributed by atoms with E-state index in [2.05, 4.69) is 31.2 Å². The third-order valence-corrected chi connectivity index (χ3v) is 2.73. The fourth-order valence-corrected chi connectivity index (χ4v) is 1.63. The molecule has 0 saturated carbocycles. The van der Waals surface area contributed by atoms with Gasteiger partial charge < -0.3 is 16.4 Å². The molecule has 4 heteroatoms. The maximum atomic E-state index is 11.2. The second kappa shape index (κ2) is 6.91. The molecule has 0 saturated heterocycles. The lowest BCUT2D eigenvalue weighted by molar-refractivity contribution is 0.208. The largest absolute Gasteiger partial charge is 0.351 e. The Morgan fingerprint density at radius 3 is 2.41 bits per heavy atom. The molecular weight excluding hydrogens is 214 g/mol. The summed E-state index contributed by atoms with van der Waals surface area (Å²) < 4.78 is 0. The zero-order valence-corrected chi connectivity index (χ0v) is 10.4. The molecule has 17 heavy (non-hydrogen) atoms. The van der Waals surface area contributed by atoms with E-state index in [1.54, 1.807) is 4.90 Å². The maximum Gasteiger partial charge on any atom is 0.314 e. The van der Waals surface area contributed by atoms with E-state index in [1.165, 1.54) is 11.1 Å². The van der Waals surface area contributed by atoms with Crippen LogP contribution in [0.2, 0.25) is 0 Å². The van der Waals surface area contributed by atoms with Gasteiger partial charge in [-0.15, -0.1) is 0 Å². The first-order chi connectivity index (χ1) is 8.13. The summed E-state index contributed by atoms with van der Waals surface area (Å²) in [6.07, 6.45) is 1.62. The first-order valence-electron chi connectivity index (χ1n) is 5.93. The quantitative estimate of drug-likeness (QED) is 0.779. The van der Waals surface area contributed by atoms with Gasteiger partial charge in [0.25, 0.3) is 0 Å². The van der Waals surface area contributed by atoms with Crippen molar-refractivity contribution in [2.45, 2.75) is 19.8 Å². The minimum atomic E-state index is -0.370. The summed E-state index contributed by atoms with van der Waals surface area (Å²) in [5, 5.41) is 0. The fraction of sp³-hybridized carbons (Fsp3) is 0.462. The highest BCUT2D eigenvalue weighted by Gasteiger charge is 2.08. The summed E-state index contributed by atoms with van der Waals surface area (Å²) >= 11 is 0. The molecule has 0 bridgehead atoms. The van der Waals surface area contributed by atoms with Crippen molar-refractivity contribution < 1.29 is 4.79 Å². The first kappa shape index (κ1) is 13.5. The van der Waals surface area contributed by atoms with Gasteiger partial charge in [-0.1, -0.05) is 29.8 Å². The molecule has 0 heterocycles. The second-order valence-corrected chi connectivity index (χ2v) is 4.20. The van der Waals surface area contributed by atoms with E-state index in [0.29, 0.717) is 19.6 Å². The third kappa shape index (κ3) is 4.87. The lowest BCUT2D eigenvalue weighted by atomic mass is 10.1. The lowest BCUT2D eigenvalue weighted by Gasteiger charge is -2.19. The molecule has 94 valence electrons. The number of rotatable bonds is 6. The Morgan fingerprint density at radius 1 is 1.24 bits per heavy atom. The molecule has 0 aliphatic heterocycles. The van der Waals surface area contributed by atoms with Crippen molar-refractivity contribution in [3.63, 3.8) is 0 Å². The van der Waals surface area contributed by atoms with Crippen LogP contribution in [0.25, 0.3) is 0 Å². The van der Waals surface area contributed by atoms with E-state index in [-0.39, 0.29) is 6.03 Å². The summed E-state index contributed by atoms with van der Waals surface area (Å²) in [6, 6.07) is 7.94. The smallest absolute Gasteiger partial charge is 0.314 e. The predicted octanol–water partition coefficient (Wildman–Crippen LogP) is 1.27. The molecule has 0 unspecified atom stereocenters. The third-order valence-electron chi connectivity index (χ3n) is 2.73. The van der Waals surface area contributed by atoms with Crippen LogP contribution in [-0.2, 0) is 6.42 Å². The standard InChI is InChI=1S/C13H21N3O/c1-11-3-5-12(6-4-11)7-10-16(13(15)17)9-2-8-14/h3-6H,2,7-10,14H2,1H3,(H2,15,17). The summed E-state index contributed by atoms with van der Waals surface area (Å²) in [5.74, 6) is 0. The molecule has 0 spiro atoms. The molecular formula is C13H21N3O.